The molecule has 1 aliphatic rings. The standard InChI is InChI=1S/C18H21NO3S/c1-13-9-11-23-17(13)18(20)19-14-5-7-15(8-6-14)22-12-16-4-2-3-10-21-16/h5-9,11,16H,2-4,10,12H2,1H3,(H,19,20). The number of carbonyl (C=O) groups excluding carboxylic acids is 1. The summed E-state index contributed by atoms with van der Waals surface area (Å²) in [5.41, 5.74) is 1.77. The summed E-state index contributed by atoms with van der Waals surface area (Å²) in [6, 6.07) is 9.42. The third-order valence-electron chi connectivity index (χ3n) is 3.89. The highest BCUT2D eigenvalue weighted by Crippen LogP contribution is 2.21. The number of benzene rings is 1. The molecular formula is C18H21NO3S. The molecule has 122 valence electrons. The minimum absolute atomic E-state index is 0.0678. The molecule has 4 nitrogen and oxygen atoms in total. The van der Waals surface area contributed by atoms with Gasteiger partial charge in [0.15, 0.2) is 0 Å². The van der Waals surface area contributed by atoms with Crippen LogP contribution in [0.4, 0.5) is 5.69 Å². The number of rotatable bonds is 5. The van der Waals surface area contributed by atoms with E-state index in [1.807, 2.05) is 42.6 Å². The number of nitrogens with one attached hydrogen (secondary N) is 1. The van der Waals surface area contributed by atoms with Gasteiger partial charge in [-0.3, -0.25) is 4.79 Å². The number of hydrogen-bond donors (Lipinski definition) is 1. The molecule has 1 aliphatic heterocycles. The smallest absolute Gasteiger partial charge is 0.265 e. The number of ether oxygens (including phenoxy) is 2. The quantitative estimate of drug-likeness (QED) is 0.890. The predicted molar refractivity (Wildman–Crippen MR) is 92.5 cm³/mol. The van der Waals surface area contributed by atoms with Gasteiger partial charge < -0.3 is 14.8 Å². The van der Waals surface area contributed by atoms with E-state index >= 15 is 0 Å². The number of hydrogen-bond acceptors (Lipinski definition) is 4. The predicted octanol–water partition coefficient (Wildman–Crippen LogP) is 4.26. The normalized spacial score (nSPS) is 17.7. The first-order valence-electron chi connectivity index (χ1n) is 7.92. The van der Waals surface area contributed by atoms with Crippen molar-refractivity contribution in [2.45, 2.75) is 32.3 Å². The Hall–Kier alpha value is -1.85. The van der Waals surface area contributed by atoms with Crippen molar-refractivity contribution in [1.82, 2.24) is 0 Å². The first-order valence-corrected chi connectivity index (χ1v) is 8.80. The minimum atomic E-state index is -0.0678. The van der Waals surface area contributed by atoms with Crippen molar-refractivity contribution in [2.75, 3.05) is 18.5 Å². The maximum atomic E-state index is 12.2. The SMILES string of the molecule is Cc1ccsc1C(=O)Nc1ccc(OCC2CCCCO2)cc1. The van der Waals surface area contributed by atoms with Crippen LogP contribution in [0.1, 0.15) is 34.5 Å². The molecule has 0 saturated carbocycles. The molecule has 1 fully saturated rings. The maximum absolute atomic E-state index is 12.2. The lowest BCUT2D eigenvalue weighted by molar-refractivity contribution is -0.0110. The zero-order valence-corrected chi connectivity index (χ0v) is 14.0. The second-order valence-electron chi connectivity index (χ2n) is 5.71. The van der Waals surface area contributed by atoms with Gasteiger partial charge in [0.2, 0.25) is 0 Å². The van der Waals surface area contributed by atoms with Gasteiger partial charge >= 0.3 is 0 Å². The highest BCUT2D eigenvalue weighted by atomic mass is 32.1. The monoisotopic (exact) mass is 331 g/mol. The van der Waals surface area contributed by atoms with E-state index in [1.54, 1.807) is 0 Å². The van der Waals surface area contributed by atoms with Gasteiger partial charge in [0.25, 0.3) is 5.91 Å². The van der Waals surface area contributed by atoms with Gasteiger partial charge in [0.1, 0.15) is 12.4 Å². The van der Waals surface area contributed by atoms with Crippen LogP contribution in [0.25, 0.3) is 0 Å². The lowest BCUT2D eigenvalue weighted by Gasteiger charge is -2.22. The third kappa shape index (κ3) is 4.33. The molecule has 1 N–H and O–H groups in total. The van der Waals surface area contributed by atoms with E-state index in [9.17, 15) is 4.79 Å². The van der Waals surface area contributed by atoms with Crippen molar-refractivity contribution >= 4 is 22.9 Å². The Bertz CT molecular complexity index is 645. The zero-order chi connectivity index (χ0) is 16.1. The fraction of sp³-hybridized carbons (Fsp3) is 0.389. The second-order valence-corrected chi connectivity index (χ2v) is 6.63. The summed E-state index contributed by atoms with van der Waals surface area (Å²) in [6.45, 7) is 3.36. The van der Waals surface area contributed by atoms with E-state index in [2.05, 4.69) is 5.32 Å². The van der Waals surface area contributed by atoms with Gasteiger partial charge in [-0.15, -0.1) is 11.3 Å². The number of aryl methyl sites for hydroxylation is 1. The van der Waals surface area contributed by atoms with E-state index in [1.165, 1.54) is 17.8 Å². The highest BCUT2D eigenvalue weighted by molar-refractivity contribution is 7.12. The molecule has 5 heteroatoms. The first-order chi connectivity index (χ1) is 11.2. The van der Waals surface area contributed by atoms with Gasteiger partial charge in [-0.2, -0.15) is 0 Å². The average molecular weight is 331 g/mol. The van der Waals surface area contributed by atoms with E-state index in [0.29, 0.717) is 6.61 Å². The Morgan fingerprint density at radius 1 is 1.30 bits per heavy atom. The number of anilines is 1. The molecule has 23 heavy (non-hydrogen) atoms. The van der Waals surface area contributed by atoms with Crippen LogP contribution in [0.15, 0.2) is 35.7 Å². The van der Waals surface area contributed by atoms with E-state index < -0.39 is 0 Å². The first kappa shape index (κ1) is 16.0. The molecule has 1 aromatic carbocycles. The van der Waals surface area contributed by atoms with Crippen molar-refractivity contribution in [2.24, 2.45) is 0 Å². The molecule has 1 unspecified atom stereocenters. The van der Waals surface area contributed by atoms with Gasteiger partial charge in [-0.25, -0.2) is 0 Å². The van der Waals surface area contributed by atoms with Crippen LogP contribution >= 0.6 is 11.3 Å². The van der Waals surface area contributed by atoms with Gasteiger partial charge in [0.05, 0.1) is 11.0 Å². The van der Waals surface area contributed by atoms with Crippen molar-refractivity contribution in [3.8, 4) is 5.75 Å². The Kier molecular flexibility index (Phi) is 5.31. The lowest BCUT2D eigenvalue weighted by atomic mass is 10.1. The van der Waals surface area contributed by atoms with E-state index in [0.717, 1.165) is 41.3 Å². The molecule has 2 aromatic rings. The molecule has 0 bridgehead atoms. The average Bonchev–Trinajstić information content (AvgIpc) is 3.01. The van der Waals surface area contributed by atoms with Crippen LogP contribution in [0, 0.1) is 6.92 Å². The summed E-state index contributed by atoms with van der Waals surface area (Å²) in [6.07, 6.45) is 3.62. The Labute approximate surface area is 140 Å². The Morgan fingerprint density at radius 2 is 2.13 bits per heavy atom. The van der Waals surface area contributed by atoms with Crippen molar-refractivity contribution in [3.05, 3.63) is 46.2 Å². The minimum Gasteiger partial charge on any atom is -0.491 e. The topological polar surface area (TPSA) is 47.6 Å². The zero-order valence-electron chi connectivity index (χ0n) is 13.2. The fourth-order valence-electron chi connectivity index (χ4n) is 2.56. The summed E-state index contributed by atoms with van der Waals surface area (Å²) in [5.74, 6) is 0.728. The van der Waals surface area contributed by atoms with Gasteiger partial charge in [-0.05, 0) is 67.5 Å². The molecule has 1 saturated heterocycles. The molecule has 0 spiro atoms. The number of carbonyl (C=O) groups is 1. The largest absolute Gasteiger partial charge is 0.491 e. The van der Waals surface area contributed by atoms with Crippen LogP contribution in [0.3, 0.4) is 0 Å². The van der Waals surface area contributed by atoms with Gasteiger partial charge in [-0.1, -0.05) is 0 Å². The van der Waals surface area contributed by atoms with Crippen molar-refractivity contribution in [3.63, 3.8) is 0 Å². The summed E-state index contributed by atoms with van der Waals surface area (Å²) >= 11 is 1.45. The number of amides is 1. The highest BCUT2D eigenvalue weighted by Gasteiger charge is 2.14. The summed E-state index contributed by atoms with van der Waals surface area (Å²) in [5, 5.41) is 4.83. The Morgan fingerprint density at radius 3 is 2.78 bits per heavy atom. The molecule has 3 rings (SSSR count). The molecular weight excluding hydrogens is 310 g/mol. The summed E-state index contributed by atoms with van der Waals surface area (Å²) in [4.78, 5) is 12.9. The summed E-state index contributed by atoms with van der Waals surface area (Å²) in [7, 11) is 0. The van der Waals surface area contributed by atoms with Crippen LogP contribution in [-0.4, -0.2) is 25.2 Å². The van der Waals surface area contributed by atoms with Crippen LogP contribution in [0.2, 0.25) is 0 Å². The molecule has 1 amide bonds. The van der Waals surface area contributed by atoms with Gasteiger partial charge in [0, 0.05) is 12.3 Å². The summed E-state index contributed by atoms with van der Waals surface area (Å²) < 4.78 is 11.4. The third-order valence-corrected chi connectivity index (χ3v) is 4.91. The van der Waals surface area contributed by atoms with E-state index in [-0.39, 0.29) is 12.0 Å². The lowest BCUT2D eigenvalue weighted by Crippen LogP contribution is -2.25. The molecule has 1 atom stereocenters. The second kappa shape index (κ2) is 7.62. The molecule has 1 aromatic heterocycles. The molecule has 0 radical (unpaired) electrons. The fourth-order valence-corrected chi connectivity index (χ4v) is 3.38. The Balaban J connectivity index is 1.52. The van der Waals surface area contributed by atoms with Crippen molar-refractivity contribution in [1.29, 1.82) is 0 Å². The van der Waals surface area contributed by atoms with Crippen LogP contribution < -0.4 is 10.1 Å². The van der Waals surface area contributed by atoms with Crippen molar-refractivity contribution < 1.29 is 14.3 Å². The maximum Gasteiger partial charge on any atom is 0.265 e. The molecule has 2 heterocycles. The van der Waals surface area contributed by atoms with Crippen LogP contribution in [-0.2, 0) is 4.74 Å². The van der Waals surface area contributed by atoms with E-state index in [4.69, 9.17) is 9.47 Å². The van der Waals surface area contributed by atoms with Crippen LogP contribution in [0.5, 0.6) is 5.75 Å². The molecule has 0 aliphatic carbocycles. The number of thiophene rings is 1.